The summed E-state index contributed by atoms with van der Waals surface area (Å²) in [6.45, 7) is 2.19. The molecule has 0 aliphatic rings. The molecule has 0 radical (unpaired) electrons. The molecule has 0 saturated carbocycles. The average Bonchev–Trinajstić information content (AvgIpc) is 2.28. The molecule has 0 unspecified atom stereocenters. The third-order valence-corrected chi connectivity index (χ3v) is 2.97. The summed E-state index contributed by atoms with van der Waals surface area (Å²) in [4.78, 5) is 11.5. The van der Waals surface area contributed by atoms with Gasteiger partial charge in [-0.25, -0.2) is 4.79 Å². The van der Waals surface area contributed by atoms with Gasteiger partial charge in [0.2, 0.25) is 0 Å². The number of halogens is 2. The van der Waals surface area contributed by atoms with Crippen molar-refractivity contribution in [2.24, 2.45) is 0 Å². The molecule has 1 aromatic carbocycles. The first-order chi connectivity index (χ1) is 7.67. The minimum absolute atomic E-state index is 0.258. The van der Waals surface area contributed by atoms with Crippen molar-refractivity contribution < 1.29 is 9.53 Å². The number of hydrogen-bond donors (Lipinski definition) is 0. The number of carbonyl (C=O) groups excluding carboxylic acids is 1. The molecule has 0 amide bonds. The van der Waals surface area contributed by atoms with Gasteiger partial charge in [0.25, 0.3) is 0 Å². The monoisotopic (exact) mass is 350 g/mol. The highest BCUT2D eigenvalue weighted by Crippen LogP contribution is 2.14. The molecule has 4 heteroatoms. The van der Waals surface area contributed by atoms with E-state index in [-0.39, 0.29) is 5.97 Å². The molecule has 0 spiro atoms. The van der Waals surface area contributed by atoms with Crippen molar-refractivity contribution in [2.45, 2.75) is 6.92 Å². The average molecular weight is 351 g/mol. The van der Waals surface area contributed by atoms with Crippen LogP contribution in [0.5, 0.6) is 0 Å². The summed E-state index contributed by atoms with van der Waals surface area (Å²) in [6.07, 6.45) is 1.82. The Morgan fingerprint density at radius 3 is 2.56 bits per heavy atom. The SMILES string of the molecule is CCOC(=O)/C(=C/c1ccc(Cl)cc1)CI. The summed E-state index contributed by atoms with van der Waals surface area (Å²) in [6, 6.07) is 7.33. The number of alkyl halides is 1. The molecule has 0 heterocycles. The van der Waals surface area contributed by atoms with E-state index >= 15 is 0 Å². The molecule has 0 saturated heterocycles. The summed E-state index contributed by atoms with van der Waals surface area (Å²) in [5.74, 6) is -0.258. The zero-order chi connectivity index (χ0) is 12.0. The Kier molecular flexibility index (Phi) is 5.84. The molecular weight excluding hydrogens is 338 g/mol. The third-order valence-electron chi connectivity index (χ3n) is 1.89. The first kappa shape index (κ1) is 13.5. The molecule has 0 bridgehead atoms. The molecule has 16 heavy (non-hydrogen) atoms. The van der Waals surface area contributed by atoms with Crippen LogP contribution >= 0.6 is 34.2 Å². The van der Waals surface area contributed by atoms with Crippen LogP contribution in [0.2, 0.25) is 5.02 Å². The fourth-order valence-corrected chi connectivity index (χ4v) is 1.79. The molecule has 0 fully saturated rings. The Morgan fingerprint density at radius 1 is 1.44 bits per heavy atom. The number of benzene rings is 1. The van der Waals surface area contributed by atoms with Crippen LogP contribution in [0.3, 0.4) is 0 Å². The van der Waals surface area contributed by atoms with Crippen molar-refractivity contribution in [1.29, 1.82) is 0 Å². The highest BCUT2D eigenvalue weighted by molar-refractivity contribution is 14.1. The Morgan fingerprint density at radius 2 is 2.06 bits per heavy atom. The Labute approximate surface area is 114 Å². The summed E-state index contributed by atoms with van der Waals surface area (Å²) in [5.41, 5.74) is 1.61. The summed E-state index contributed by atoms with van der Waals surface area (Å²) < 4.78 is 5.58. The normalized spacial score (nSPS) is 11.3. The summed E-state index contributed by atoms with van der Waals surface area (Å²) in [7, 11) is 0. The van der Waals surface area contributed by atoms with Crippen molar-refractivity contribution >= 4 is 46.2 Å². The van der Waals surface area contributed by atoms with E-state index in [1.807, 2.05) is 18.2 Å². The standard InChI is InChI=1S/C12H12ClIO2/c1-2-16-12(15)10(8-14)7-9-3-5-11(13)6-4-9/h3-7H,2,8H2,1H3/b10-7+. The van der Waals surface area contributed by atoms with E-state index in [9.17, 15) is 4.79 Å². The molecule has 0 aromatic heterocycles. The van der Waals surface area contributed by atoms with Crippen LogP contribution in [-0.2, 0) is 9.53 Å². The largest absolute Gasteiger partial charge is 0.463 e. The molecule has 1 aromatic rings. The number of rotatable bonds is 4. The second-order valence-electron chi connectivity index (χ2n) is 3.08. The molecular formula is C12H12ClIO2. The molecule has 0 aliphatic heterocycles. The van der Waals surface area contributed by atoms with Gasteiger partial charge in [-0.2, -0.15) is 0 Å². The topological polar surface area (TPSA) is 26.3 Å². The lowest BCUT2D eigenvalue weighted by atomic mass is 10.1. The second-order valence-corrected chi connectivity index (χ2v) is 4.27. The minimum atomic E-state index is -0.258. The predicted octanol–water partition coefficient (Wildman–Crippen LogP) is 3.72. The fraction of sp³-hybridized carbons (Fsp3) is 0.250. The summed E-state index contributed by atoms with van der Waals surface area (Å²) >= 11 is 7.92. The van der Waals surface area contributed by atoms with Gasteiger partial charge in [-0.05, 0) is 30.7 Å². The van der Waals surface area contributed by atoms with E-state index < -0.39 is 0 Å². The third kappa shape index (κ3) is 4.14. The zero-order valence-corrected chi connectivity index (χ0v) is 11.8. The maximum absolute atomic E-state index is 11.5. The molecule has 0 atom stereocenters. The van der Waals surface area contributed by atoms with Gasteiger partial charge in [-0.15, -0.1) is 0 Å². The highest BCUT2D eigenvalue weighted by atomic mass is 127. The van der Waals surface area contributed by atoms with Gasteiger partial charge in [-0.3, -0.25) is 0 Å². The zero-order valence-electron chi connectivity index (χ0n) is 8.87. The van der Waals surface area contributed by atoms with Crippen molar-refractivity contribution in [3.8, 4) is 0 Å². The number of ether oxygens (including phenoxy) is 1. The highest BCUT2D eigenvalue weighted by Gasteiger charge is 2.08. The van der Waals surface area contributed by atoms with Crippen molar-refractivity contribution in [3.63, 3.8) is 0 Å². The van der Waals surface area contributed by atoms with Crippen molar-refractivity contribution in [2.75, 3.05) is 11.0 Å². The van der Waals surface area contributed by atoms with Gasteiger partial charge >= 0.3 is 5.97 Å². The van der Waals surface area contributed by atoms with E-state index in [4.69, 9.17) is 16.3 Å². The van der Waals surface area contributed by atoms with Crippen LogP contribution in [0.4, 0.5) is 0 Å². The predicted molar refractivity (Wildman–Crippen MR) is 74.9 cm³/mol. The quantitative estimate of drug-likeness (QED) is 0.358. The van der Waals surface area contributed by atoms with Gasteiger partial charge < -0.3 is 4.74 Å². The molecule has 0 aliphatic carbocycles. The van der Waals surface area contributed by atoms with Gasteiger partial charge in [0, 0.05) is 15.0 Å². The lowest BCUT2D eigenvalue weighted by Crippen LogP contribution is -2.08. The fourth-order valence-electron chi connectivity index (χ4n) is 1.14. The first-order valence-corrected chi connectivity index (χ1v) is 6.77. The van der Waals surface area contributed by atoms with Gasteiger partial charge in [0.05, 0.1) is 6.61 Å². The lowest BCUT2D eigenvalue weighted by molar-refractivity contribution is -0.138. The van der Waals surface area contributed by atoms with Crippen LogP contribution in [-0.4, -0.2) is 17.0 Å². The van der Waals surface area contributed by atoms with Gasteiger partial charge in [0.15, 0.2) is 0 Å². The number of esters is 1. The number of carbonyl (C=O) groups is 1. The molecule has 86 valence electrons. The van der Waals surface area contributed by atoms with E-state index in [0.29, 0.717) is 21.6 Å². The molecule has 2 nitrogen and oxygen atoms in total. The second kappa shape index (κ2) is 6.91. The van der Waals surface area contributed by atoms with Crippen LogP contribution in [0.15, 0.2) is 29.8 Å². The van der Waals surface area contributed by atoms with Crippen LogP contribution in [0.25, 0.3) is 6.08 Å². The first-order valence-electron chi connectivity index (χ1n) is 4.86. The van der Waals surface area contributed by atoms with Crippen LogP contribution in [0, 0.1) is 0 Å². The van der Waals surface area contributed by atoms with E-state index in [1.165, 1.54) is 0 Å². The van der Waals surface area contributed by atoms with Gasteiger partial charge in [-0.1, -0.05) is 46.3 Å². The lowest BCUT2D eigenvalue weighted by Gasteiger charge is -2.03. The van der Waals surface area contributed by atoms with E-state index in [0.717, 1.165) is 5.56 Å². The Balaban J connectivity index is 2.87. The summed E-state index contributed by atoms with van der Waals surface area (Å²) in [5, 5.41) is 0.685. The van der Waals surface area contributed by atoms with Crippen molar-refractivity contribution in [3.05, 3.63) is 40.4 Å². The Bertz CT molecular complexity index is 385. The Hall–Kier alpha value is -0.550. The molecule has 1 rings (SSSR count). The maximum atomic E-state index is 11.5. The number of hydrogen-bond acceptors (Lipinski definition) is 2. The van der Waals surface area contributed by atoms with Crippen LogP contribution in [0.1, 0.15) is 12.5 Å². The smallest absolute Gasteiger partial charge is 0.334 e. The minimum Gasteiger partial charge on any atom is -0.463 e. The van der Waals surface area contributed by atoms with Gasteiger partial charge in [0.1, 0.15) is 0 Å². The van der Waals surface area contributed by atoms with Crippen LogP contribution < -0.4 is 0 Å². The molecule has 0 N–H and O–H groups in total. The van der Waals surface area contributed by atoms with E-state index in [1.54, 1.807) is 19.1 Å². The van der Waals surface area contributed by atoms with Crippen molar-refractivity contribution in [1.82, 2.24) is 0 Å². The van der Waals surface area contributed by atoms with E-state index in [2.05, 4.69) is 22.6 Å². The maximum Gasteiger partial charge on any atom is 0.334 e.